The number of aliphatic hydroxyl groups excluding tert-OH is 1. The fourth-order valence-electron chi connectivity index (χ4n) is 1.18. The van der Waals surface area contributed by atoms with Crippen LogP contribution in [0.2, 0.25) is 0 Å². The summed E-state index contributed by atoms with van der Waals surface area (Å²) >= 11 is 0.646. The molecule has 1 unspecified atom stereocenters. The Balaban J connectivity index is 2.53. The molecular weight excluding hydrogens is 239 g/mol. The molecule has 1 aromatic heterocycles. The molecule has 0 spiro atoms. The summed E-state index contributed by atoms with van der Waals surface area (Å²) in [7, 11) is 0. The van der Waals surface area contributed by atoms with Crippen LogP contribution in [-0.4, -0.2) is 16.2 Å². The molecule has 1 aromatic rings. The van der Waals surface area contributed by atoms with E-state index in [-0.39, 0.29) is 5.92 Å². The molecule has 0 radical (unpaired) electrons. The zero-order chi connectivity index (χ0) is 12.3. The van der Waals surface area contributed by atoms with Gasteiger partial charge in [0.1, 0.15) is 0 Å². The van der Waals surface area contributed by atoms with E-state index in [9.17, 15) is 18.3 Å². The minimum Gasteiger partial charge on any atom is -0.393 e. The summed E-state index contributed by atoms with van der Waals surface area (Å²) in [6.07, 6.45) is -2.69. The molecule has 0 fully saturated rings. The van der Waals surface area contributed by atoms with Gasteiger partial charge in [-0.2, -0.15) is 13.2 Å². The highest BCUT2D eigenvalue weighted by Crippen LogP contribution is 2.32. The molecule has 1 atom stereocenters. The van der Waals surface area contributed by atoms with Crippen molar-refractivity contribution < 1.29 is 18.3 Å². The molecule has 16 heavy (non-hydrogen) atoms. The van der Waals surface area contributed by atoms with Gasteiger partial charge in [0.15, 0.2) is 5.01 Å². The number of aromatic nitrogens is 1. The number of hydrogen-bond donors (Lipinski definition) is 1. The average Bonchev–Trinajstić information content (AvgIpc) is 2.61. The summed E-state index contributed by atoms with van der Waals surface area (Å²) in [4.78, 5) is 3.88. The van der Waals surface area contributed by atoms with E-state index in [2.05, 4.69) is 4.98 Å². The number of halogens is 3. The molecule has 0 saturated carbocycles. The standard InChI is InChI=1S/C10H14F3NOS/c1-6(2)8(15)4-3-7-5-14-9(16-7)10(11,12)13/h5-6,8,15H,3-4H2,1-2H3. The summed E-state index contributed by atoms with van der Waals surface area (Å²) < 4.78 is 36.7. The average molecular weight is 253 g/mol. The van der Waals surface area contributed by atoms with E-state index in [1.54, 1.807) is 0 Å². The summed E-state index contributed by atoms with van der Waals surface area (Å²) in [5, 5.41) is 8.70. The van der Waals surface area contributed by atoms with Gasteiger partial charge in [0.2, 0.25) is 0 Å². The highest BCUT2D eigenvalue weighted by molar-refractivity contribution is 7.11. The van der Waals surface area contributed by atoms with Crippen molar-refractivity contribution in [3.05, 3.63) is 16.1 Å². The fourth-order valence-corrected chi connectivity index (χ4v) is 1.97. The van der Waals surface area contributed by atoms with Crippen molar-refractivity contribution in [2.75, 3.05) is 0 Å². The molecule has 0 aliphatic carbocycles. The Kier molecular flexibility index (Phi) is 4.32. The zero-order valence-electron chi connectivity index (χ0n) is 9.08. The summed E-state index contributed by atoms with van der Waals surface area (Å²) in [6, 6.07) is 0. The van der Waals surface area contributed by atoms with Crippen LogP contribution in [0.15, 0.2) is 6.20 Å². The Hall–Kier alpha value is -0.620. The van der Waals surface area contributed by atoms with Crippen LogP contribution < -0.4 is 0 Å². The second kappa shape index (κ2) is 5.14. The van der Waals surface area contributed by atoms with Gasteiger partial charge in [-0.1, -0.05) is 13.8 Å². The lowest BCUT2D eigenvalue weighted by molar-refractivity contribution is -0.137. The maximum absolute atomic E-state index is 12.2. The van der Waals surface area contributed by atoms with Crippen LogP contribution in [0.25, 0.3) is 0 Å². The Morgan fingerprint density at radius 1 is 1.44 bits per heavy atom. The highest BCUT2D eigenvalue weighted by Gasteiger charge is 2.34. The van der Waals surface area contributed by atoms with Crippen molar-refractivity contribution in [1.82, 2.24) is 4.98 Å². The number of alkyl halides is 3. The van der Waals surface area contributed by atoms with Crippen LogP contribution in [0.5, 0.6) is 0 Å². The summed E-state index contributed by atoms with van der Waals surface area (Å²) in [5.41, 5.74) is 0. The van der Waals surface area contributed by atoms with Crippen LogP contribution in [0.1, 0.15) is 30.2 Å². The third kappa shape index (κ3) is 3.75. The summed E-state index contributed by atoms with van der Waals surface area (Å²) in [6.45, 7) is 3.75. The molecule has 1 N–H and O–H groups in total. The fraction of sp³-hybridized carbons (Fsp3) is 0.700. The maximum Gasteiger partial charge on any atom is 0.443 e. The highest BCUT2D eigenvalue weighted by atomic mass is 32.1. The molecule has 0 saturated heterocycles. The van der Waals surface area contributed by atoms with E-state index in [0.717, 1.165) is 0 Å². The molecule has 0 bridgehead atoms. The number of aliphatic hydroxyl groups is 1. The van der Waals surface area contributed by atoms with Gasteiger partial charge in [-0.15, -0.1) is 11.3 Å². The Morgan fingerprint density at radius 2 is 2.06 bits per heavy atom. The first-order valence-electron chi connectivity index (χ1n) is 5.00. The van der Waals surface area contributed by atoms with Crippen molar-refractivity contribution in [3.63, 3.8) is 0 Å². The first-order chi connectivity index (χ1) is 7.30. The van der Waals surface area contributed by atoms with Crippen LogP contribution in [0.4, 0.5) is 13.2 Å². The van der Waals surface area contributed by atoms with Gasteiger partial charge in [-0.25, -0.2) is 4.98 Å². The largest absolute Gasteiger partial charge is 0.443 e. The molecule has 0 aliphatic rings. The predicted molar refractivity (Wildman–Crippen MR) is 56.3 cm³/mol. The van der Waals surface area contributed by atoms with Crippen molar-refractivity contribution >= 4 is 11.3 Å². The molecule has 1 rings (SSSR count). The van der Waals surface area contributed by atoms with Gasteiger partial charge in [-0.3, -0.25) is 0 Å². The van der Waals surface area contributed by atoms with Gasteiger partial charge < -0.3 is 5.11 Å². The number of thiazole rings is 1. The van der Waals surface area contributed by atoms with Gasteiger partial charge in [0.05, 0.1) is 6.10 Å². The zero-order valence-corrected chi connectivity index (χ0v) is 9.90. The lowest BCUT2D eigenvalue weighted by Gasteiger charge is -2.12. The first-order valence-corrected chi connectivity index (χ1v) is 5.82. The molecule has 0 aromatic carbocycles. The number of hydrogen-bond acceptors (Lipinski definition) is 3. The SMILES string of the molecule is CC(C)C(O)CCc1cnc(C(F)(F)F)s1. The molecule has 0 aliphatic heterocycles. The van der Waals surface area contributed by atoms with E-state index >= 15 is 0 Å². The predicted octanol–water partition coefficient (Wildman–Crippen LogP) is 3.11. The molecular formula is C10H14F3NOS. The van der Waals surface area contributed by atoms with E-state index in [4.69, 9.17) is 0 Å². The third-order valence-corrected chi connectivity index (χ3v) is 3.35. The van der Waals surface area contributed by atoms with Crippen LogP contribution in [-0.2, 0) is 12.6 Å². The van der Waals surface area contributed by atoms with Gasteiger partial charge in [0, 0.05) is 11.1 Å². The van der Waals surface area contributed by atoms with Gasteiger partial charge in [0.25, 0.3) is 0 Å². The Bertz CT molecular complexity index is 335. The van der Waals surface area contributed by atoms with Gasteiger partial charge >= 0.3 is 6.18 Å². The molecule has 2 nitrogen and oxygen atoms in total. The topological polar surface area (TPSA) is 33.1 Å². The quantitative estimate of drug-likeness (QED) is 0.894. The minimum atomic E-state index is -4.36. The molecule has 0 amide bonds. The van der Waals surface area contributed by atoms with E-state index in [0.29, 0.717) is 29.1 Å². The second-order valence-electron chi connectivity index (χ2n) is 3.98. The first kappa shape index (κ1) is 13.4. The van der Waals surface area contributed by atoms with E-state index < -0.39 is 17.3 Å². The van der Waals surface area contributed by atoms with Crippen molar-refractivity contribution in [3.8, 4) is 0 Å². The van der Waals surface area contributed by atoms with Crippen LogP contribution in [0.3, 0.4) is 0 Å². The van der Waals surface area contributed by atoms with E-state index in [1.807, 2.05) is 13.8 Å². The lowest BCUT2D eigenvalue weighted by Crippen LogP contribution is -2.14. The van der Waals surface area contributed by atoms with Crippen molar-refractivity contribution in [2.24, 2.45) is 5.92 Å². The summed E-state index contributed by atoms with van der Waals surface area (Å²) in [5.74, 6) is 0.120. The number of aryl methyl sites for hydroxylation is 1. The number of nitrogens with zero attached hydrogens (tertiary/aromatic N) is 1. The van der Waals surface area contributed by atoms with Crippen molar-refractivity contribution in [1.29, 1.82) is 0 Å². The minimum absolute atomic E-state index is 0.120. The monoisotopic (exact) mass is 253 g/mol. The van der Waals surface area contributed by atoms with Gasteiger partial charge in [-0.05, 0) is 18.8 Å². The van der Waals surface area contributed by atoms with Crippen LogP contribution >= 0.6 is 11.3 Å². The maximum atomic E-state index is 12.2. The number of rotatable bonds is 4. The van der Waals surface area contributed by atoms with Crippen molar-refractivity contribution in [2.45, 2.75) is 39.0 Å². The van der Waals surface area contributed by atoms with Crippen LogP contribution in [0, 0.1) is 5.92 Å². The van der Waals surface area contributed by atoms with E-state index in [1.165, 1.54) is 6.20 Å². The normalized spacial score (nSPS) is 14.4. The Labute approximate surface area is 96.1 Å². The lowest BCUT2D eigenvalue weighted by atomic mass is 10.0. The third-order valence-electron chi connectivity index (χ3n) is 2.25. The molecule has 1 heterocycles. The Morgan fingerprint density at radius 3 is 2.50 bits per heavy atom. The second-order valence-corrected chi connectivity index (χ2v) is 5.09. The molecule has 92 valence electrons. The smallest absolute Gasteiger partial charge is 0.393 e. The molecule has 6 heteroatoms.